The maximum atomic E-state index is 5.70. The zero-order chi connectivity index (χ0) is 14.5. The number of nitrogens with one attached hydrogen (secondary N) is 1. The predicted octanol–water partition coefficient (Wildman–Crippen LogP) is 2.75. The average molecular weight is 284 g/mol. The number of nitrogens with zero attached hydrogens (tertiary/aromatic N) is 1. The molecule has 4 nitrogen and oxygen atoms in total. The van der Waals surface area contributed by atoms with Crippen molar-refractivity contribution >= 4 is 0 Å². The Morgan fingerprint density at radius 3 is 3.10 bits per heavy atom. The molecule has 2 aromatic rings. The van der Waals surface area contributed by atoms with Crippen molar-refractivity contribution in [2.24, 2.45) is 0 Å². The molecule has 0 spiro atoms. The number of ether oxygens (including phenoxy) is 2. The Balaban J connectivity index is 1.61. The first-order valence-corrected chi connectivity index (χ1v) is 7.29. The first kappa shape index (κ1) is 13.9. The summed E-state index contributed by atoms with van der Waals surface area (Å²) in [5.74, 6) is 2.21. The van der Waals surface area contributed by atoms with Crippen molar-refractivity contribution in [3.63, 3.8) is 0 Å². The summed E-state index contributed by atoms with van der Waals surface area (Å²) in [5, 5.41) is 3.51. The maximum absolute atomic E-state index is 5.70. The van der Waals surface area contributed by atoms with Crippen LogP contribution in [-0.2, 0) is 6.54 Å². The number of aromatic nitrogens is 1. The first-order valence-electron chi connectivity index (χ1n) is 7.29. The quantitative estimate of drug-likeness (QED) is 0.917. The molecule has 0 bridgehead atoms. The number of fused-ring (bicyclic) bond motifs is 1. The van der Waals surface area contributed by atoms with Crippen LogP contribution in [0.4, 0.5) is 0 Å². The summed E-state index contributed by atoms with van der Waals surface area (Å²) < 4.78 is 11.0. The molecule has 2 heterocycles. The summed E-state index contributed by atoms with van der Waals surface area (Å²) in [5.41, 5.74) is 2.38. The van der Waals surface area contributed by atoms with Gasteiger partial charge in [-0.3, -0.25) is 0 Å². The van der Waals surface area contributed by atoms with Crippen molar-refractivity contribution < 1.29 is 9.47 Å². The van der Waals surface area contributed by atoms with Gasteiger partial charge in [-0.2, -0.15) is 0 Å². The Morgan fingerprint density at radius 2 is 2.19 bits per heavy atom. The van der Waals surface area contributed by atoms with Crippen molar-refractivity contribution in [1.29, 1.82) is 0 Å². The highest BCUT2D eigenvalue weighted by Crippen LogP contribution is 2.32. The van der Waals surface area contributed by atoms with Crippen LogP contribution in [0, 0.1) is 0 Å². The topological polar surface area (TPSA) is 43.4 Å². The van der Waals surface area contributed by atoms with Gasteiger partial charge in [-0.25, -0.2) is 4.98 Å². The Morgan fingerprint density at radius 1 is 1.29 bits per heavy atom. The lowest BCUT2D eigenvalue weighted by Crippen LogP contribution is -2.25. The molecule has 3 rings (SSSR count). The van der Waals surface area contributed by atoms with Crippen molar-refractivity contribution in [3.05, 3.63) is 53.7 Å². The lowest BCUT2D eigenvalue weighted by Gasteiger charge is -2.26. The van der Waals surface area contributed by atoms with Crippen molar-refractivity contribution in [2.75, 3.05) is 20.3 Å². The van der Waals surface area contributed by atoms with Gasteiger partial charge in [-0.15, -0.1) is 0 Å². The van der Waals surface area contributed by atoms with Crippen LogP contribution in [0.15, 0.2) is 42.6 Å². The average Bonchev–Trinajstić information content (AvgIpc) is 2.55. The summed E-state index contributed by atoms with van der Waals surface area (Å²) in [7, 11) is 1.65. The molecule has 0 aliphatic carbocycles. The SMILES string of the molecule is COc1ncccc1CNCC1CCOc2ccccc21. The summed E-state index contributed by atoms with van der Waals surface area (Å²) in [4.78, 5) is 4.22. The van der Waals surface area contributed by atoms with Crippen LogP contribution in [0.2, 0.25) is 0 Å². The fourth-order valence-corrected chi connectivity index (χ4v) is 2.75. The first-order chi connectivity index (χ1) is 10.4. The van der Waals surface area contributed by atoms with E-state index in [-0.39, 0.29) is 0 Å². The molecule has 1 aliphatic rings. The number of benzene rings is 1. The third-order valence-corrected chi connectivity index (χ3v) is 3.83. The van der Waals surface area contributed by atoms with Gasteiger partial charge in [0, 0.05) is 30.8 Å². The Hall–Kier alpha value is -2.07. The van der Waals surface area contributed by atoms with Crippen LogP contribution >= 0.6 is 0 Å². The fourth-order valence-electron chi connectivity index (χ4n) is 2.75. The van der Waals surface area contributed by atoms with E-state index in [1.807, 2.05) is 24.3 Å². The molecule has 0 saturated carbocycles. The highest BCUT2D eigenvalue weighted by atomic mass is 16.5. The number of hydrogen-bond acceptors (Lipinski definition) is 4. The molecule has 1 aliphatic heterocycles. The number of methoxy groups -OCH3 is 1. The van der Waals surface area contributed by atoms with Gasteiger partial charge in [-0.1, -0.05) is 24.3 Å². The minimum atomic E-state index is 0.498. The molecule has 1 aromatic carbocycles. The minimum absolute atomic E-state index is 0.498. The second kappa shape index (κ2) is 6.59. The lowest BCUT2D eigenvalue weighted by molar-refractivity contribution is 0.264. The number of hydrogen-bond donors (Lipinski definition) is 1. The van der Waals surface area contributed by atoms with E-state index in [2.05, 4.69) is 22.4 Å². The van der Waals surface area contributed by atoms with E-state index in [9.17, 15) is 0 Å². The van der Waals surface area contributed by atoms with Crippen LogP contribution in [0.3, 0.4) is 0 Å². The van der Waals surface area contributed by atoms with Gasteiger partial charge < -0.3 is 14.8 Å². The highest BCUT2D eigenvalue weighted by molar-refractivity contribution is 5.38. The molecule has 0 amide bonds. The van der Waals surface area contributed by atoms with Gasteiger partial charge in [0.05, 0.1) is 13.7 Å². The molecule has 110 valence electrons. The van der Waals surface area contributed by atoms with Crippen LogP contribution in [0.1, 0.15) is 23.5 Å². The number of rotatable bonds is 5. The normalized spacial score (nSPS) is 16.9. The summed E-state index contributed by atoms with van der Waals surface area (Å²) in [6.45, 7) is 2.48. The van der Waals surface area contributed by atoms with Crippen LogP contribution in [-0.4, -0.2) is 25.2 Å². The molecular formula is C17H20N2O2. The highest BCUT2D eigenvalue weighted by Gasteiger charge is 2.20. The predicted molar refractivity (Wildman–Crippen MR) is 81.8 cm³/mol. The van der Waals surface area contributed by atoms with E-state index in [1.165, 1.54) is 5.56 Å². The Bertz CT molecular complexity index is 601. The van der Waals surface area contributed by atoms with Gasteiger partial charge in [0.2, 0.25) is 5.88 Å². The number of pyridine rings is 1. The maximum Gasteiger partial charge on any atom is 0.217 e. The molecule has 4 heteroatoms. The molecule has 1 unspecified atom stereocenters. The van der Waals surface area contributed by atoms with E-state index < -0.39 is 0 Å². The van der Waals surface area contributed by atoms with E-state index in [0.717, 1.165) is 37.4 Å². The molecule has 1 N–H and O–H groups in total. The van der Waals surface area contributed by atoms with Gasteiger partial charge in [-0.05, 0) is 24.1 Å². The van der Waals surface area contributed by atoms with Crippen molar-refractivity contribution in [1.82, 2.24) is 10.3 Å². The fraction of sp³-hybridized carbons (Fsp3) is 0.353. The van der Waals surface area contributed by atoms with E-state index in [0.29, 0.717) is 11.8 Å². The largest absolute Gasteiger partial charge is 0.493 e. The van der Waals surface area contributed by atoms with Gasteiger partial charge in [0.25, 0.3) is 0 Å². The minimum Gasteiger partial charge on any atom is -0.493 e. The Kier molecular flexibility index (Phi) is 4.36. The smallest absolute Gasteiger partial charge is 0.217 e. The second-order valence-electron chi connectivity index (χ2n) is 5.17. The van der Waals surface area contributed by atoms with Crippen LogP contribution < -0.4 is 14.8 Å². The third kappa shape index (κ3) is 3.16. The second-order valence-corrected chi connectivity index (χ2v) is 5.17. The number of para-hydroxylation sites is 1. The molecule has 1 atom stereocenters. The summed E-state index contributed by atoms with van der Waals surface area (Å²) in [6, 6.07) is 12.3. The molecule has 21 heavy (non-hydrogen) atoms. The van der Waals surface area contributed by atoms with E-state index in [1.54, 1.807) is 13.3 Å². The van der Waals surface area contributed by atoms with Crippen molar-refractivity contribution in [2.45, 2.75) is 18.9 Å². The van der Waals surface area contributed by atoms with Gasteiger partial charge in [0.15, 0.2) is 0 Å². The van der Waals surface area contributed by atoms with Gasteiger partial charge in [0.1, 0.15) is 5.75 Å². The molecule has 1 aromatic heterocycles. The Labute approximate surface area is 125 Å². The monoisotopic (exact) mass is 284 g/mol. The zero-order valence-electron chi connectivity index (χ0n) is 12.2. The van der Waals surface area contributed by atoms with Crippen molar-refractivity contribution in [3.8, 4) is 11.6 Å². The van der Waals surface area contributed by atoms with Gasteiger partial charge >= 0.3 is 0 Å². The van der Waals surface area contributed by atoms with E-state index >= 15 is 0 Å². The standard InChI is InChI=1S/C17H20N2O2/c1-20-17-14(5-4-9-19-17)12-18-11-13-8-10-21-16-7-3-2-6-15(13)16/h2-7,9,13,18H,8,10-12H2,1H3. The summed E-state index contributed by atoms with van der Waals surface area (Å²) >= 11 is 0. The molecule has 0 radical (unpaired) electrons. The molecular weight excluding hydrogens is 264 g/mol. The summed E-state index contributed by atoms with van der Waals surface area (Å²) in [6.07, 6.45) is 2.80. The lowest BCUT2D eigenvalue weighted by atomic mass is 9.93. The molecule has 0 fully saturated rings. The van der Waals surface area contributed by atoms with Crippen LogP contribution in [0.5, 0.6) is 11.6 Å². The van der Waals surface area contributed by atoms with E-state index in [4.69, 9.17) is 9.47 Å². The third-order valence-electron chi connectivity index (χ3n) is 3.83. The zero-order valence-corrected chi connectivity index (χ0v) is 12.2. The van der Waals surface area contributed by atoms with Crippen LogP contribution in [0.25, 0.3) is 0 Å². The molecule has 0 saturated heterocycles.